The number of rotatable bonds is 1. The Morgan fingerprint density at radius 3 is 2.27 bits per heavy atom. The predicted molar refractivity (Wildman–Crippen MR) is 98.9 cm³/mol. The third kappa shape index (κ3) is 2.06. The van der Waals surface area contributed by atoms with Crippen LogP contribution in [0, 0.1) is 24.7 Å². The maximum absolute atomic E-state index is 5.92. The number of nitrogens with two attached hydrogens (primary N) is 1. The van der Waals surface area contributed by atoms with Gasteiger partial charge in [-0.25, -0.2) is 4.98 Å². The van der Waals surface area contributed by atoms with Crippen LogP contribution in [-0.2, 0) is 5.41 Å². The fourth-order valence-electron chi connectivity index (χ4n) is 5.98. The normalized spacial score (nSPS) is 35.8. The zero-order valence-electron chi connectivity index (χ0n) is 13.0. The van der Waals surface area contributed by atoms with Gasteiger partial charge in [0.1, 0.15) is 0 Å². The maximum atomic E-state index is 5.92. The van der Waals surface area contributed by atoms with Gasteiger partial charge in [0, 0.05) is 0 Å². The zero-order valence-corrected chi connectivity index (χ0v) is 15.5. The number of benzene rings is 1. The summed E-state index contributed by atoms with van der Waals surface area (Å²) in [5.41, 5.74) is 10.4. The maximum Gasteiger partial charge on any atom is 0.181 e. The lowest BCUT2D eigenvalue weighted by Gasteiger charge is -2.57. The van der Waals surface area contributed by atoms with Gasteiger partial charge in [0.05, 0.1) is 10.2 Å². The minimum atomic E-state index is 0. The van der Waals surface area contributed by atoms with Gasteiger partial charge >= 0.3 is 0 Å². The molecule has 2 nitrogen and oxygen atoms in total. The average molecular weight is 379 g/mol. The van der Waals surface area contributed by atoms with Crippen molar-refractivity contribution < 1.29 is 0 Å². The fourth-order valence-corrected chi connectivity index (χ4v) is 6.84. The molecule has 2 N–H and O–H groups in total. The summed E-state index contributed by atoms with van der Waals surface area (Å²) in [6.07, 6.45) is 8.81. The Kier molecular flexibility index (Phi) is 3.36. The van der Waals surface area contributed by atoms with Crippen LogP contribution in [0.3, 0.4) is 0 Å². The SMILES string of the molecule is Br.Cc1cc(C23CC4CC(CC(C4)C2)C3)cc2sc(N)nc12. The van der Waals surface area contributed by atoms with Gasteiger partial charge in [-0.2, -0.15) is 0 Å². The van der Waals surface area contributed by atoms with Crippen molar-refractivity contribution in [2.75, 3.05) is 5.73 Å². The molecule has 1 aromatic heterocycles. The summed E-state index contributed by atoms with van der Waals surface area (Å²) in [6, 6.07) is 4.85. The number of nitrogens with zero attached hydrogens (tertiary/aromatic N) is 1. The summed E-state index contributed by atoms with van der Waals surface area (Å²) in [6.45, 7) is 2.20. The molecule has 4 fully saturated rings. The predicted octanol–water partition coefficient (Wildman–Crippen LogP) is 5.23. The molecule has 4 heteroatoms. The van der Waals surface area contributed by atoms with E-state index >= 15 is 0 Å². The molecule has 22 heavy (non-hydrogen) atoms. The molecule has 0 atom stereocenters. The fraction of sp³-hybridized carbons (Fsp3) is 0.611. The number of hydrogen-bond acceptors (Lipinski definition) is 3. The molecule has 0 radical (unpaired) electrons. The van der Waals surface area contributed by atoms with E-state index in [-0.39, 0.29) is 17.0 Å². The Bertz CT molecular complexity index is 701. The van der Waals surface area contributed by atoms with Crippen molar-refractivity contribution in [3.05, 3.63) is 23.3 Å². The molecule has 0 spiro atoms. The second-order valence-electron chi connectivity index (χ2n) is 7.89. The number of nitrogen functional groups attached to an aromatic ring is 1. The highest BCUT2D eigenvalue weighted by molar-refractivity contribution is 8.93. The Labute approximate surface area is 146 Å². The molecule has 0 unspecified atom stereocenters. The van der Waals surface area contributed by atoms with Crippen molar-refractivity contribution in [2.24, 2.45) is 17.8 Å². The Morgan fingerprint density at radius 2 is 1.68 bits per heavy atom. The van der Waals surface area contributed by atoms with Crippen molar-refractivity contribution in [3.8, 4) is 0 Å². The Morgan fingerprint density at radius 1 is 1.09 bits per heavy atom. The van der Waals surface area contributed by atoms with E-state index in [1.165, 1.54) is 48.8 Å². The third-order valence-corrected chi connectivity index (χ3v) is 7.18. The molecule has 1 heterocycles. The van der Waals surface area contributed by atoms with Gasteiger partial charge in [0.25, 0.3) is 0 Å². The van der Waals surface area contributed by atoms with Gasteiger partial charge < -0.3 is 5.73 Å². The Balaban J connectivity index is 0.00000125. The van der Waals surface area contributed by atoms with Crippen LogP contribution in [0.2, 0.25) is 0 Å². The number of halogens is 1. The molecule has 4 aliphatic carbocycles. The number of fused-ring (bicyclic) bond motifs is 1. The quantitative estimate of drug-likeness (QED) is 0.737. The molecule has 0 amide bonds. The molecule has 118 valence electrons. The highest BCUT2D eigenvalue weighted by Gasteiger charge is 2.51. The van der Waals surface area contributed by atoms with Gasteiger partial charge in [-0.05, 0) is 85.8 Å². The lowest BCUT2D eigenvalue weighted by Crippen LogP contribution is -2.48. The molecule has 0 saturated heterocycles. The number of aromatic nitrogens is 1. The van der Waals surface area contributed by atoms with E-state index < -0.39 is 0 Å². The average Bonchev–Trinajstić information content (AvgIpc) is 2.78. The van der Waals surface area contributed by atoms with E-state index in [1.54, 1.807) is 16.9 Å². The van der Waals surface area contributed by atoms with Crippen LogP contribution in [-0.4, -0.2) is 4.98 Å². The van der Waals surface area contributed by atoms with Crippen LogP contribution in [0.4, 0.5) is 5.13 Å². The lowest BCUT2D eigenvalue weighted by atomic mass is 9.48. The largest absolute Gasteiger partial charge is 0.375 e. The van der Waals surface area contributed by atoms with Crippen molar-refractivity contribution in [2.45, 2.75) is 50.9 Å². The minimum Gasteiger partial charge on any atom is -0.375 e. The molecular weight excluding hydrogens is 356 g/mol. The highest BCUT2D eigenvalue weighted by atomic mass is 79.9. The first-order valence-corrected chi connectivity index (χ1v) is 9.10. The summed E-state index contributed by atoms with van der Waals surface area (Å²) >= 11 is 1.65. The zero-order chi connectivity index (χ0) is 14.2. The van der Waals surface area contributed by atoms with Gasteiger partial charge in [-0.3, -0.25) is 0 Å². The first-order valence-electron chi connectivity index (χ1n) is 8.28. The van der Waals surface area contributed by atoms with Crippen molar-refractivity contribution in [3.63, 3.8) is 0 Å². The van der Waals surface area contributed by atoms with Crippen LogP contribution in [0.5, 0.6) is 0 Å². The van der Waals surface area contributed by atoms with Crippen LogP contribution in [0.1, 0.15) is 49.7 Å². The summed E-state index contributed by atoms with van der Waals surface area (Å²) in [5, 5.41) is 0.704. The molecule has 4 saturated carbocycles. The summed E-state index contributed by atoms with van der Waals surface area (Å²) < 4.78 is 1.29. The summed E-state index contributed by atoms with van der Waals surface area (Å²) in [4.78, 5) is 4.50. The smallest absolute Gasteiger partial charge is 0.181 e. The van der Waals surface area contributed by atoms with E-state index in [4.69, 9.17) is 5.73 Å². The highest BCUT2D eigenvalue weighted by Crippen LogP contribution is 2.61. The second kappa shape index (κ2) is 4.94. The number of hydrogen-bond donors (Lipinski definition) is 1. The third-order valence-electron chi connectivity index (χ3n) is 6.35. The van der Waals surface area contributed by atoms with E-state index in [0.717, 1.165) is 23.3 Å². The van der Waals surface area contributed by atoms with Gasteiger partial charge in [-0.1, -0.05) is 17.4 Å². The van der Waals surface area contributed by atoms with E-state index in [0.29, 0.717) is 10.5 Å². The molecule has 4 aliphatic rings. The van der Waals surface area contributed by atoms with E-state index in [2.05, 4.69) is 24.0 Å². The molecular formula is C18H23BrN2S. The summed E-state index contributed by atoms with van der Waals surface area (Å²) in [5.74, 6) is 3.00. The minimum absolute atomic E-state index is 0. The van der Waals surface area contributed by atoms with Crippen molar-refractivity contribution in [1.82, 2.24) is 4.98 Å². The monoisotopic (exact) mass is 378 g/mol. The van der Waals surface area contributed by atoms with E-state index in [1.807, 2.05) is 0 Å². The molecule has 1 aromatic carbocycles. The standard InChI is InChI=1S/C18H22N2S.BrH/c1-10-2-14(6-15-16(10)20-17(19)21-15)18-7-11-3-12(8-18)5-13(4-11)9-18;/h2,6,11-13H,3-5,7-9H2,1H3,(H2,19,20);1H. The van der Waals surface area contributed by atoms with Crippen LogP contribution >= 0.6 is 28.3 Å². The van der Waals surface area contributed by atoms with Crippen molar-refractivity contribution in [1.29, 1.82) is 0 Å². The number of aryl methyl sites for hydroxylation is 1. The van der Waals surface area contributed by atoms with Crippen LogP contribution in [0.15, 0.2) is 12.1 Å². The van der Waals surface area contributed by atoms with Crippen molar-refractivity contribution >= 4 is 43.7 Å². The molecule has 4 bridgehead atoms. The first kappa shape index (κ1) is 14.9. The number of thiazole rings is 1. The second-order valence-corrected chi connectivity index (χ2v) is 8.95. The van der Waals surface area contributed by atoms with Crippen LogP contribution < -0.4 is 5.73 Å². The molecule has 6 rings (SSSR count). The summed E-state index contributed by atoms with van der Waals surface area (Å²) in [7, 11) is 0. The Hall–Kier alpha value is -0.610. The van der Waals surface area contributed by atoms with Gasteiger partial charge in [0.2, 0.25) is 0 Å². The topological polar surface area (TPSA) is 38.9 Å². The lowest BCUT2D eigenvalue weighted by molar-refractivity contribution is -0.00514. The van der Waals surface area contributed by atoms with E-state index in [9.17, 15) is 0 Å². The van der Waals surface area contributed by atoms with Gasteiger partial charge in [0.15, 0.2) is 5.13 Å². The first-order chi connectivity index (χ1) is 10.1. The van der Waals surface area contributed by atoms with Crippen LogP contribution in [0.25, 0.3) is 10.2 Å². The molecule has 2 aromatic rings. The van der Waals surface area contributed by atoms with Gasteiger partial charge in [-0.15, -0.1) is 17.0 Å². The number of anilines is 1. The molecule has 0 aliphatic heterocycles.